The SMILES string of the molecule is CC/C=C\C/C=C\C/C=C\C/C=C\CCCCCCCCCCCCCCCCCCCCC(=O)OCC(COC(=O)CCCCCCC/C=C\CCCCC)OC(=O)CCCCCCCCCCCCCCCCCCCCCCC. The number of hydrogen-bond donors (Lipinski definition) is 0. The van der Waals surface area contributed by atoms with Crippen LogP contribution in [0, 0.1) is 0 Å². The first kappa shape index (κ1) is 79.1. The van der Waals surface area contributed by atoms with E-state index in [1.807, 2.05) is 0 Å². The number of ether oxygens (including phenoxy) is 3. The van der Waals surface area contributed by atoms with Crippen LogP contribution in [0.3, 0.4) is 0 Å². The van der Waals surface area contributed by atoms with Crippen LogP contribution in [0.2, 0.25) is 0 Å². The fourth-order valence-electron chi connectivity index (χ4n) is 10.8. The van der Waals surface area contributed by atoms with Crippen molar-refractivity contribution in [2.45, 2.75) is 393 Å². The molecule has 0 aliphatic heterocycles. The van der Waals surface area contributed by atoms with Crippen LogP contribution in [0.4, 0.5) is 0 Å². The normalized spacial score (nSPS) is 12.4. The van der Waals surface area contributed by atoms with Crippen molar-refractivity contribution in [3.63, 3.8) is 0 Å². The summed E-state index contributed by atoms with van der Waals surface area (Å²) in [6.07, 6.45) is 91.2. The quantitative estimate of drug-likeness (QED) is 0.0261. The molecule has 0 saturated carbocycles. The fourth-order valence-corrected chi connectivity index (χ4v) is 10.8. The van der Waals surface area contributed by atoms with Crippen LogP contribution in [-0.2, 0) is 28.6 Å². The van der Waals surface area contributed by atoms with Crippen molar-refractivity contribution in [3.05, 3.63) is 60.8 Å². The lowest BCUT2D eigenvalue weighted by Gasteiger charge is -2.18. The van der Waals surface area contributed by atoms with E-state index in [-0.39, 0.29) is 31.1 Å². The second-order valence-corrected chi connectivity index (χ2v) is 24.5. The molecule has 0 amide bonds. The predicted octanol–water partition coefficient (Wildman–Crippen LogP) is 25.1. The maximum Gasteiger partial charge on any atom is 0.306 e. The van der Waals surface area contributed by atoms with Crippen LogP contribution in [0.25, 0.3) is 0 Å². The number of carbonyl (C=O) groups excluding carboxylic acids is 3. The molecule has 6 nitrogen and oxygen atoms in total. The number of allylic oxidation sites excluding steroid dienone is 10. The number of carbonyl (C=O) groups is 3. The molecule has 0 aliphatic rings. The maximum absolute atomic E-state index is 12.9. The van der Waals surface area contributed by atoms with Crippen molar-refractivity contribution in [1.29, 1.82) is 0 Å². The predicted molar refractivity (Wildman–Crippen MR) is 358 cm³/mol. The lowest BCUT2D eigenvalue weighted by molar-refractivity contribution is -0.167. The van der Waals surface area contributed by atoms with Crippen molar-refractivity contribution >= 4 is 17.9 Å². The minimum absolute atomic E-state index is 0.0706. The molecule has 0 radical (unpaired) electrons. The van der Waals surface area contributed by atoms with Gasteiger partial charge in [-0.3, -0.25) is 14.4 Å². The third-order valence-corrected chi connectivity index (χ3v) is 16.3. The molecular weight excluding hydrogens is 1010 g/mol. The number of esters is 3. The van der Waals surface area contributed by atoms with Crippen LogP contribution in [0.15, 0.2) is 60.8 Å². The monoisotopic (exact) mass is 1150 g/mol. The number of rotatable bonds is 67. The summed E-state index contributed by atoms with van der Waals surface area (Å²) >= 11 is 0. The summed E-state index contributed by atoms with van der Waals surface area (Å²) in [5.41, 5.74) is 0. The Hall–Kier alpha value is -2.89. The van der Waals surface area contributed by atoms with Gasteiger partial charge in [0.05, 0.1) is 0 Å². The van der Waals surface area contributed by atoms with E-state index in [0.29, 0.717) is 19.3 Å². The summed E-state index contributed by atoms with van der Waals surface area (Å²) in [4.78, 5) is 38.4. The second kappa shape index (κ2) is 70.6. The van der Waals surface area contributed by atoms with E-state index in [2.05, 4.69) is 81.5 Å². The Kier molecular flexibility index (Phi) is 68.1. The summed E-state index contributed by atoms with van der Waals surface area (Å²) in [5, 5.41) is 0. The summed E-state index contributed by atoms with van der Waals surface area (Å²) < 4.78 is 17.0. The first-order chi connectivity index (χ1) is 40.5. The molecule has 0 N–H and O–H groups in total. The van der Waals surface area contributed by atoms with Crippen molar-refractivity contribution < 1.29 is 28.6 Å². The van der Waals surface area contributed by atoms with E-state index in [0.717, 1.165) is 89.9 Å². The van der Waals surface area contributed by atoms with Gasteiger partial charge in [0.2, 0.25) is 0 Å². The van der Waals surface area contributed by atoms with Gasteiger partial charge in [-0.15, -0.1) is 0 Å². The summed E-state index contributed by atoms with van der Waals surface area (Å²) in [6, 6.07) is 0. The van der Waals surface area contributed by atoms with Crippen molar-refractivity contribution in [3.8, 4) is 0 Å². The summed E-state index contributed by atoms with van der Waals surface area (Å²) in [5.74, 6) is -0.852. The molecule has 0 aromatic heterocycles. The average molecular weight is 1150 g/mol. The molecule has 0 spiro atoms. The highest BCUT2D eigenvalue weighted by Crippen LogP contribution is 2.19. The van der Waals surface area contributed by atoms with Crippen LogP contribution >= 0.6 is 0 Å². The Morgan fingerprint density at radius 3 is 0.780 bits per heavy atom. The maximum atomic E-state index is 12.9. The topological polar surface area (TPSA) is 78.9 Å². The Morgan fingerprint density at radius 1 is 0.256 bits per heavy atom. The zero-order chi connectivity index (χ0) is 59.2. The largest absolute Gasteiger partial charge is 0.462 e. The van der Waals surface area contributed by atoms with E-state index in [1.54, 1.807) is 0 Å². The Bertz CT molecular complexity index is 1460. The van der Waals surface area contributed by atoms with Crippen molar-refractivity contribution in [2.75, 3.05) is 13.2 Å². The number of unbranched alkanes of at least 4 members (excludes halogenated alkanes) is 46. The molecule has 0 saturated heterocycles. The van der Waals surface area contributed by atoms with E-state index in [9.17, 15) is 14.4 Å². The second-order valence-electron chi connectivity index (χ2n) is 24.5. The molecule has 0 aliphatic carbocycles. The molecule has 1 atom stereocenters. The minimum Gasteiger partial charge on any atom is -0.462 e. The van der Waals surface area contributed by atoms with E-state index in [1.165, 1.54) is 257 Å². The third-order valence-electron chi connectivity index (χ3n) is 16.3. The zero-order valence-electron chi connectivity index (χ0n) is 55.0. The highest BCUT2D eigenvalue weighted by atomic mass is 16.6. The van der Waals surface area contributed by atoms with Gasteiger partial charge in [0.1, 0.15) is 13.2 Å². The Morgan fingerprint density at radius 2 is 0.476 bits per heavy atom. The molecule has 0 aromatic rings. The van der Waals surface area contributed by atoms with Gasteiger partial charge in [0.15, 0.2) is 6.10 Å². The van der Waals surface area contributed by atoms with Gasteiger partial charge in [0.25, 0.3) is 0 Å². The Labute approximate surface area is 510 Å². The molecule has 82 heavy (non-hydrogen) atoms. The third kappa shape index (κ3) is 67.9. The van der Waals surface area contributed by atoms with E-state index < -0.39 is 6.10 Å². The molecule has 1 unspecified atom stereocenters. The molecule has 6 heteroatoms. The van der Waals surface area contributed by atoms with Gasteiger partial charge >= 0.3 is 17.9 Å². The lowest BCUT2D eigenvalue weighted by Crippen LogP contribution is -2.30. The van der Waals surface area contributed by atoms with E-state index >= 15 is 0 Å². The van der Waals surface area contributed by atoms with Crippen LogP contribution in [0.5, 0.6) is 0 Å². The standard InChI is InChI=1S/C76H138O6/c1-4-7-10-13-16-19-22-25-27-29-31-33-34-35-36-37-38-39-40-41-42-44-45-47-49-51-54-57-60-63-66-69-75(78)81-72-73(71-80-74(77)68-65-62-59-56-53-24-21-18-15-12-9-6-3)82-76(79)70-67-64-61-58-55-52-50-48-46-43-32-30-28-26-23-20-17-14-11-8-5-2/h7,10,16,18-19,21,25,27,31,33,73H,4-6,8-9,11-15,17,20,22-24,26,28-30,32,34-72H2,1-3H3/b10-7-,19-16-,21-18-,27-25-,33-31-. The van der Waals surface area contributed by atoms with Crippen molar-refractivity contribution in [2.24, 2.45) is 0 Å². The fraction of sp³-hybridized carbons (Fsp3) is 0.829. The summed E-state index contributed by atoms with van der Waals surface area (Å²) in [7, 11) is 0. The molecule has 0 heterocycles. The number of hydrogen-bond acceptors (Lipinski definition) is 6. The van der Waals surface area contributed by atoms with Gasteiger partial charge in [-0.1, -0.05) is 345 Å². The molecule has 0 aromatic carbocycles. The van der Waals surface area contributed by atoms with Gasteiger partial charge in [0, 0.05) is 19.3 Å². The van der Waals surface area contributed by atoms with Gasteiger partial charge < -0.3 is 14.2 Å². The van der Waals surface area contributed by atoms with Gasteiger partial charge in [-0.2, -0.15) is 0 Å². The first-order valence-electron chi connectivity index (χ1n) is 36.3. The van der Waals surface area contributed by atoms with Crippen LogP contribution < -0.4 is 0 Å². The smallest absolute Gasteiger partial charge is 0.306 e. The highest BCUT2D eigenvalue weighted by Gasteiger charge is 2.19. The molecule has 0 bridgehead atoms. The minimum atomic E-state index is -0.774. The van der Waals surface area contributed by atoms with Crippen molar-refractivity contribution in [1.82, 2.24) is 0 Å². The average Bonchev–Trinajstić information content (AvgIpc) is 3.47. The van der Waals surface area contributed by atoms with Crippen LogP contribution in [0.1, 0.15) is 387 Å². The van der Waals surface area contributed by atoms with Crippen LogP contribution in [-0.4, -0.2) is 37.2 Å². The highest BCUT2D eigenvalue weighted by molar-refractivity contribution is 5.71. The lowest BCUT2D eigenvalue weighted by atomic mass is 10.0. The van der Waals surface area contributed by atoms with Gasteiger partial charge in [-0.25, -0.2) is 0 Å². The van der Waals surface area contributed by atoms with E-state index in [4.69, 9.17) is 14.2 Å². The van der Waals surface area contributed by atoms with Gasteiger partial charge in [-0.05, 0) is 83.5 Å². The molecule has 478 valence electrons. The summed E-state index contributed by atoms with van der Waals surface area (Å²) in [6.45, 7) is 6.57. The molecule has 0 rings (SSSR count). The zero-order valence-corrected chi connectivity index (χ0v) is 55.0. The Balaban J connectivity index is 4.15. The first-order valence-corrected chi connectivity index (χ1v) is 36.3. The molecule has 0 fully saturated rings. The molecular formula is C76H138O6.